The molecule has 0 rings (SSSR count). The van der Waals surface area contributed by atoms with Crippen LogP contribution in [0.2, 0.25) is 0 Å². The summed E-state index contributed by atoms with van der Waals surface area (Å²) in [6.07, 6.45) is 13.7. The molecule has 0 amide bonds. The second-order valence-corrected chi connectivity index (χ2v) is 5.24. The molecule has 1 unspecified atom stereocenters. The van der Waals surface area contributed by atoms with Crippen molar-refractivity contribution in [3.8, 4) is 0 Å². The normalized spacial score (nSPS) is 12.8. The van der Waals surface area contributed by atoms with Crippen LogP contribution in [-0.4, -0.2) is 34.6 Å². The first-order valence-corrected chi connectivity index (χ1v) is 7.71. The lowest BCUT2D eigenvalue weighted by molar-refractivity contribution is 0.0860. The van der Waals surface area contributed by atoms with Gasteiger partial charge in [-0.05, 0) is 12.8 Å². The summed E-state index contributed by atoms with van der Waals surface area (Å²) in [4.78, 5) is 0. The van der Waals surface area contributed by atoms with Crippen LogP contribution in [0.25, 0.3) is 0 Å². The number of hydrogen-bond acceptors (Lipinski definition) is 3. The molecule has 0 aromatic carbocycles. The van der Waals surface area contributed by atoms with E-state index in [9.17, 15) is 0 Å². The van der Waals surface area contributed by atoms with E-state index in [1.165, 1.54) is 57.8 Å². The third-order valence-corrected chi connectivity index (χ3v) is 3.41. The molecule has 0 heterocycles. The van der Waals surface area contributed by atoms with Crippen molar-refractivity contribution in [2.45, 2.75) is 83.2 Å². The third kappa shape index (κ3) is 13.9. The smallest absolute Gasteiger partial charge is 0.0770 e. The second kappa shape index (κ2) is 14.9. The van der Waals surface area contributed by atoms with Gasteiger partial charge in [-0.15, -0.1) is 0 Å². The van der Waals surface area contributed by atoms with Crippen LogP contribution in [0, 0.1) is 0 Å². The molecule has 0 aliphatic rings. The van der Waals surface area contributed by atoms with Crippen molar-refractivity contribution >= 4 is 0 Å². The summed E-state index contributed by atoms with van der Waals surface area (Å²) in [6, 6.07) is 0. The molecule has 0 aromatic heterocycles. The summed E-state index contributed by atoms with van der Waals surface area (Å²) in [6.45, 7) is 0.237. The summed E-state index contributed by atoms with van der Waals surface area (Å²) >= 11 is 0. The highest BCUT2D eigenvalue weighted by Crippen LogP contribution is 2.12. The molecule has 0 aromatic rings. The van der Waals surface area contributed by atoms with Crippen LogP contribution in [0.1, 0.15) is 77.0 Å². The van der Waals surface area contributed by atoms with Gasteiger partial charge < -0.3 is 15.3 Å². The van der Waals surface area contributed by atoms with Gasteiger partial charge in [-0.2, -0.15) is 0 Å². The molecule has 3 heteroatoms. The SMILES string of the molecule is OCCCCCCCCCCCCCC(O)CO. The maximum Gasteiger partial charge on any atom is 0.0770 e. The van der Waals surface area contributed by atoms with E-state index < -0.39 is 6.10 Å². The molecule has 18 heavy (non-hydrogen) atoms. The molecule has 0 aliphatic carbocycles. The Morgan fingerprint density at radius 1 is 0.556 bits per heavy atom. The molecule has 0 saturated carbocycles. The van der Waals surface area contributed by atoms with E-state index in [4.69, 9.17) is 15.3 Å². The van der Waals surface area contributed by atoms with Gasteiger partial charge in [0, 0.05) is 6.61 Å². The van der Waals surface area contributed by atoms with Gasteiger partial charge in [-0.25, -0.2) is 0 Å². The molecule has 0 spiro atoms. The molecule has 3 N–H and O–H groups in total. The van der Waals surface area contributed by atoms with Crippen molar-refractivity contribution in [2.24, 2.45) is 0 Å². The van der Waals surface area contributed by atoms with E-state index in [0.717, 1.165) is 19.3 Å². The Labute approximate surface area is 112 Å². The maximum absolute atomic E-state index is 9.15. The first kappa shape index (κ1) is 17.9. The van der Waals surface area contributed by atoms with Crippen molar-refractivity contribution in [2.75, 3.05) is 13.2 Å². The molecular weight excluding hydrogens is 228 g/mol. The molecule has 0 radical (unpaired) electrons. The van der Waals surface area contributed by atoms with Gasteiger partial charge in [-0.3, -0.25) is 0 Å². The van der Waals surface area contributed by atoms with Crippen molar-refractivity contribution in [3.63, 3.8) is 0 Å². The zero-order chi connectivity index (χ0) is 13.5. The molecule has 0 fully saturated rings. The minimum atomic E-state index is -0.510. The van der Waals surface area contributed by atoms with Crippen molar-refractivity contribution in [3.05, 3.63) is 0 Å². The van der Waals surface area contributed by atoms with E-state index in [-0.39, 0.29) is 6.61 Å². The molecule has 0 bridgehead atoms. The van der Waals surface area contributed by atoms with E-state index in [2.05, 4.69) is 0 Å². The lowest BCUT2D eigenvalue weighted by Crippen LogP contribution is -2.10. The van der Waals surface area contributed by atoms with Crippen LogP contribution in [0.5, 0.6) is 0 Å². The quantitative estimate of drug-likeness (QED) is 0.421. The van der Waals surface area contributed by atoms with E-state index in [1.54, 1.807) is 0 Å². The Balaban J connectivity index is 2.94. The second-order valence-electron chi connectivity index (χ2n) is 5.24. The van der Waals surface area contributed by atoms with Gasteiger partial charge in [0.05, 0.1) is 12.7 Å². The molecular formula is C15H32O3. The Hall–Kier alpha value is -0.120. The van der Waals surface area contributed by atoms with Crippen LogP contribution >= 0.6 is 0 Å². The topological polar surface area (TPSA) is 60.7 Å². The Morgan fingerprint density at radius 2 is 0.944 bits per heavy atom. The van der Waals surface area contributed by atoms with Crippen LogP contribution < -0.4 is 0 Å². The summed E-state index contributed by atoms with van der Waals surface area (Å²) in [5.41, 5.74) is 0. The van der Waals surface area contributed by atoms with Gasteiger partial charge in [0.2, 0.25) is 0 Å². The zero-order valence-corrected chi connectivity index (χ0v) is 11.8. The monoisotopic (exact) mass is 260 g/mol. The average Bonchev–Trinajstić information content (AvgIpc) is 2.39. The van der Waals surface area contributed by atoms with Gasteiger partial charge in [0.15, 0.2) is 0 Å². The lowest BCUT2D eigenvalue weighted by atomic mass is 10.0. The highest BCUT2D eigenvalue weighted by atomic mass is 16.3. The van der Waals surface area contributed by atoms with Crippen molar-refractivity contribution < 1.29 is 15.3 Å². The fourth-order valence-corrected chi connectivity index (χ4v) is 2.17. The highest BCUT2D eigenvalue weighted by Gasteiger charge is 2.00. The minimum Gasteiger partial charge on any atom is -0.396 e. The summed E-state index contributed by atoms with van der Waals surface area (Å²) in [7, 11) is 0. The van der Waals surface area contributed by atoms with Crippen LogP contribution in [0.3, 0.4) is 0 Å². The number of hydrogen-bond donors (Lipinski definition) is 3. The van der Waals surface area contributed by atoms with Crippen LogP contribution in [0.15, 0.2) is 0 Å². The number of aliphatic hydroxyl groups is 3. The number of rotatable bonds is 14. The summed E-state index contributed by atoms with van der Waals surface area (Å²) < 4.78 is 0. The molecule has 3 nitrogen and oxygen atoms in total. The van der Waals surface area contributed by atoms with Gasteiger partial charge in [-0.1, -0.05) is 64.2 Å². The van der Waals surface area contributed by atoms with Crippen molar-refractivity contribution in [1.82, 2.24) is 0 Å². The van der Waals surface area contributed by atoms with E-state index in [0.29, 0.717) is 6.61 Å². The summed E-state index contributed by atoms with van der Waals surface area (Å²) in [5.74, 6) is 0. The molecule has 0 aliphatic heterocycles. The van der Waals surface area contributed by atoms with E-state index >= 15 is 0 Å². The van der Waals surface area contributed by atoms with Gasteiger partial charge in [0.1, 0.15) is 0 Å². The van der Waals surface area contributed by atoms with E-state index in [1.807, 2.05) is 0 Å². The fourth-order valence-electron chi connectivity index (χ4n) is 2.17. The molecule has 1 atom stereocenters. The largest absolute Gasteiger partial charge is 0.396 e. The van der Waals surface area contributed by atoms with Crippen molar-refractivity contribution in [1.29, 1.82) is 0 Å². The highest BCUT2D eigenvalue weighted by molar-refractivity contribution is 4.53. The Morgan fingerprint density at radius 3 is 1.33 bits per heavy atom. The van der Waals surface area contributed by atoms with Gasteiger partial charge in [0.25, 0.3) is 0 Å². The van der Waals surface area contributed by atoms with Crippen LogP contribution in [0.4, 0.5) is 0 Å². The number of unbranched alkanes of at least 4 members (excludes halogenated alkanes) is 10. The third-order valence-electron chi connectivity index (χ3n) is 3.41. The van der Waals surface area contributed by atoms with Crippen LogP contribution in [-0.2, 0) is 0 Å². The predicted octanol–water partition coefficient (Wildman–Crippen LogP) is 3.01. The average molecular weight is 260 g/mol. The zero-order valence-electron chi connectivity index (χ0n) is 11.8. The minimum absolute atomic E-state index is 0.101. The summed E-state index contributed by atoms with van der Waals surface area (Å²) in [5, 5.41) is 26.4. The standard InChI is InChI=1S/C15H32O3/c16-13-11-9-7-5-3-1-2-4-6-8-10-12-15(18)14-17/h15-18H,1-14H2. The fraction of sp³-hybridized carbons (Fsp3) is 1.00. The Bertz CT molecular complexity index is 151. The maximum atomic E-state index is 9.15. The lowest BCUT2D eigenvalue weighted by Gasteiger charge is -2.06. The Kier molecular flexibility index (Phi) is 14.8. The van der Waals surface area contributed by atoms with Gasteiger partial charge >= 0.3 is 0 Å². The molecule has 0 saturated heterocycles. The number of aliphatic hydroxyl groups excluding tert-OH is 3. The molecule has 110 valence electrons. The first-order valence-electron chi connectivity index (χ1n) is 7.71. The predicted molar refractivity (Wildman–Crippen MR) is 75.6 cm³/mol. The first-order chi connectivity index (χ1) is 8.81.